The second kappa shape index (κ2) is 11.1. The number of hydrogen-bond acceptors (Lipinski definition) is 4. The number of hydrogen-bond donors (Lipinski definition) is 0. The molecule has 31 heavy (non-hydrogen) atoms. The summed E-state index contributed by atoms with van der Waals surface area (Å²) >= 11 is 0. The quantitative estimate of drug-likeness (QED) is 0.460. The van der Waals surface area contributed by atoms with E-state index in [-0.39, 0.29) is 17.9 Å². The zero-order valence-corrected chi connectivity index (χ0v) is 19.8. The number of ether oxygens (including phenoxy) is 3. The standard InChI is InChI=1S/C27H39NO3/c1-6-30-21(2)31-26(19-22-11-8-7-9-12-22)23-15-17-27(18-16-23,28(3)4)24-13-10-14-25(20-24)29-5/h7-14,20-21,23,26H,6,15-19H2,1-5H3. The molecule has 0 amide bonds. The third kappa shape index (κ3) is 5.88. The third-order valence-corrected chi connectivity index (χ3v) is 6.89. The predicted molar refractivity (Wildman–Crippen MR) is 126 cm³/mol. The van der Waals surface area contributed by atoms with Crippen LogP contribution in [0.25, 0.3) is 0 Å². The van der Waals surface area contributed by atoms with Gasteiger partial charge in [0.1, 0.15) is 5.75 Å². The van der Waals surface area contributed by atoms with E-state index in [0.29, 0.717) is 12.5 Å². The second-order valence-corrected chi connectivity index (χ2v) is 8.88. The molecule has 0 heterocycles. The van der Waals surface area contributed by atoms with E-state index in [1.807, 2.05) is 19.9 Å². The van der Waals surface area contributed by atoms with E-state index in [0.717, 1.165) is 37.9 Å². The molecule has 0 bridgehead atoms. The Kier molecular flexibility index (Phi) is 8.53. The van der Waals surface area contributed by atoms with Gasteiger partial charge in [0.15, 0.2) is 6.29 Å². The van der Waals surface area contributed by atoms with Crippen LogP contribution < -0.4 is 4.74 Å². The SMILES string of the molecule is CCOC(C)OC(Cc1ccccc1)C1CCC(c2cccc(OC)c2)(N(C)C)CC1. The summed E-state index contributed by atoms with van der Waals surface area (Å²) in [5.41, 5.74) is 2.71. The van der Waals surface area contributed by atoms with E-state index in [9.17, 15) is 0 Å². The molecule has 4 heteroatoms. The Balaban J connectivity index is 1.77. The molecule has 2 aromatic carbocycles. The van der Waals surface area contributed by atoms with Gasteiger partial charge in [-0.1, -0.05) is 42.5 Å². The highest BCUT2D eigenvalue weighted by molar-refractivity contribution is 5.34. The zero-order valence-electron chi connectivity index (χ0n) is 19.8. The van der Waals surface area contributed by atoms with E-state index in [4.69, 9.17) is 14.2 Å². The molecule has 0 spiro atoms. The smallest absolute Gasteiger partial charge is 0.155 e. The molecule has 2 atom stereocenters. The minimum Gasteiger partial charge on any atom is -0.497 e. The number of benzene rings is 2. The number of nitrogens with zero attached hydrogens (tertiary/aromatic N) is 1. The van der Waals surface area contributed by atoms with Crippen molar-refractivity contribution >= 4 is 0 Å². The summed E-state index contributed by atoms with van der Waals surface area (Å²) in [4.78, 5) is 2.40. The van der Waals surface area contributed by atoms with E-state index in [1.165, 1.54) is 11.1 Å². The summed E-state index contributed by atoms with van der Waals surface area (Å²) in [6, 6.07) is 19.3. The molecule has 2 aromatic rings. The van der Waals surface area contributed by atoms with Crippen molar-refractivity contribution in [2.24, 2.45) is 5.92 Å². The average molecular weight is 426 g/mol. The first kappa shape index (κ1) is 23.8. The fraction of sp³-hybridized carbons (Fsp3) is 0.556. The van der Waals surface area contributed by atoms with Gasteiger partial charge in [0.05, 0.1) is 13.2 Å². The Bertz CT molecular complexity index is 784. The van der Waals surface area contributed by atoms with Crippen LogP contribution in [0.4, 0.5) is 0 Å². The minimum absolute atomic E-state index is 0.0356. The van der Waals surface area contributed by atoms with Crippen molar-refractivity contribution in [3.8, 4) is 5.75 Å². The van der Waals surface area contributed by atoms with Crippen molar-refractivity contribution in [2.45, 2.75) is 63.9 Å². The fourth-order valence-electron chi connectivity index (χ4n) is 5.09. The van der Waals surface area contributed by atoms with Crippen LogP contribution in [0, 0.1) is 5.92 Å². The van der Waals surface area contributed by atoms with Gasteiger partial charge in [-0.05, 0) is 89.2 Å². The lowest BCUT2D eigenvalue weighted by molar-refractivity contribution is -0.174. The van der Waals surface area contributed by atoms with Crippen LogP contribution in [-0.4, -0.2) is 45.1 Å². The molecule has 4 nitrogen and oxygen atoms in total. The Morgan fingerprint density at radius 2 is 1.74 bits per heavy atom. The molecule has 0 saturated heterocycles. The lowest BCUT2D eigenvalue weighted by Gasteiger charge is -2.47. The average Bonchev–Trinajstić information content (AvgIpc) is 2.79. The van der Waals surface area contributed by atoms with Crippen LogP contribution in [0.2, 0.25) is 0 Å². The summed E-state index contributed by atoms with van der Waals surface area (Å²) in [6.45, 7) is 4.71. The molecule has 0 aliphatic heterocycles. The fourth-order valence-corrected chi connectivity index (χ4v) is 5.09. The lowest BCUT2D eigenvalue weighted by atomic mass is 9.70. The van der Waals surface area contributed by atoms with Gasteiger partial charge in [0.25, 0.3) is 0 Å². The van der Waals surface area contributed by atoms with Gasteiger partial charge in [0.2, 0.25) is 0 Å². The largest absolute Gasteiger partial charge is 0.497 e. The van der Waals surface area contributed by atoms with Gasteiger partial charge >= 0.3 is 0 Å². The van der Waals surface area contributed by atoms with Crippen LogP contribution >= 0.6 is 0 Å². The zero-order chi connectivity index (χ0) is 22.3. The van der Waals surface area contributed by atoms with E-state index in [1.54, 1.807) is 7.11 Å². The maximum absolute atomic E-state index is 6.45. The highest BCUT2D eigenvalue weighted by Gasteiger charge is 2.41. The van der Waals surface area contributed by atoms with Crippen molar-refractivity contribution < 1.29 is 14.2 Å². The maximum Gasteiger partial charge on any atom is 0.155 e. The monoisotopic (exact) mass is 425 g/mol. The molecule has 170 valence electrons. The van der Waals surface area contributed by atoms with Crippen molar-refractivity contribution in [3.63, 3.8) is 0 Å². The van der Waals surface area contributed by atoms with Gasteiger partial charge in [-0.2, -0.15) is 0 Å². The Morgan fingerprint density at radius 1 is 1.03 bits per heavy atom. The first-order chi connectivity index (χ1) is 15.0. The molecular weight excluding hydrogens is 386 g/mol. The predicted octanol–water partition coefficient (Wildman–Crippen LogP) is 5.65. The van der Waals surface area contributed by atoms with Crippen LogP contribution in [0.1, 0.15) is 50.7 Å². The van der Waals surface area contributed by atoms with Gasteiger partial charge in [-0.15, -0.1) is 0 Å². The van der Waals surface area contributed by atoms with Gasteiger partial charge in [0, 0.05) is 12.1 Å². The minimum atomic E-state index is -0.183. The van der Waals surface area contributed by atoms with Crippen LogP contribution in [-0.2, 0) is 21.4 Å². The topological polar surface area (TPSA) is 30.9 Å². The van der Waals surface area contributed by atoms with Crippen molar-refractivity contribution in [2.75, 3.05) is 27.8 Å². The molecule has 1 saturated carbocycles. The maximum atomic E-state index is 6.45. The molecule has 1 aliphatic rings. The Labute approximate surface area is 188 Å². The molecule has 0 aromatic heterocycles. The molecule has 0 N–H and O–H groups in total. The number of rotatable bonds is 10. The van der Waals surface area contributed by atoms with Crippen molar-refractivity contribution in [1.29, 1.82) is 0 Å². The van der Waals surface area contributed by atoms with Crippen molar-refractivity contribution in [3.05, 3.63) is 65.7 Å². The van der Waals surface area contributed by atoms with Crippen LogP contribution in [0.5, 0.6) is 5.75 Å². The summed E-state index contributed by atoms with van der Waals surface area (Å²) in [6.07, 6.45) is 5.38. The molecule has 3 rings (SSSR count). The van der Waals surface area contributed by atoms with E-state index < -0.39 is 0 Å². The molecule has 1 fully saturated rings. The third-order valence-electron chi connectivity index (χ3n) is 6.89. The Hall–Kier alpha value is -1.88. The Morgan fingerprint density at radius 3 is 2.35 bits per heavy atom. The van der Waals surface area contributed by atoms with Crippen LogP contribution in [0.3, 0.4) is 0 Å². The van der Waals surface area contributed by atoms with Crippen LogP contribution in [0.15, 0.2) is 54.6 Å². The van der Waals surface area contributed by atoms with Gasteiger partial charge in [-0.3, -0.25) is 4.90 Å². The second-order valence-electron chi connectivity index (χ2n) is 8.88. The summed E-state index contributed by atoms with van der Waals surface area (Å²) in [7, 11) is 6.15. The molecular formula is C27H39NO3. The molecule has 2 unspecified atom stereocenters. The summed E-state index contributed by atoms with van der Waals surface area (Å²) in [5, 5.41) is 0. The highest BCUT2D eigenvalue weighted by Crippen LogP contribution is 2.45. The molecule has 1 aliphatic carbocycles. The van der Waals surface area contributed by atoms with E-state index >= 15 is 0 Å². The molecule has 0 radical (unpaired) electrons. The lowest BCUT2D eigenvalue weighted by Crippen LogP contribution is -2.46. The number of methoxy groups -OCH3 is 1. The van der Waals surface area contributed by atoms with Crippen molar-refractivity contribution in [1.82, 2.24) is 4.90 Å². The first-order valence-corrected chi connectivity index (χ1v) is 11.6. The normalized spacial score (nSPS) is 23.5. The van der Waals surface area contributed by atoms with Gasteiger partial charge in [-0.25, -0.2) is 0 Å². The first-order valence-electron chi connectivity index (χ1n) is 11.6. The summed E-state index contributed by atoms with van der Waals surface area (Å²) in [5.74, 6) is 1.44. The van der Waals surface area contributed by atoms with E-state index in [2.05, 4.69) is 67.5 Å². The highest BCUT2D eigenvalue weighted by atomic mass is 16.7. The summed E-state index contributed by atoms with van der Waals surface area (Å²) < 4.78 is 17.7. The van der Waals surface area contributed by atoms with Gasteiger partial charge < -0.3 is 14.2 Å².